The van der Waals surface area contributed by atoms with E-state index in [-0.39, 0.29) is 11.3 Å². The summed E-state index contributed by atoms with van der Waals surface area (Å²) in [6.45, 7) is 8.08. The largest absolute Gasteiger partial charge is 0.383 e. The molecule has 0 aliphatic carbocycles. The Morgan fingerprint density at radius 3 is 2.86 bits per heavy atom. The van der Waals surface area contributed by atoms with Gasteiger partial charge in [0.1, 0.15) is 0 Å². The average molecular weight is 196 g/mol. The Kier molecular flexibility index (Phi) is 3.91. The first-order chi connectivity index (χ1) is 6.60. The molecule has 1 heterocycles. The predicted molar refractivity (Wildman–Crippen MR) is 55.8 cm³/mol. The van der Waals surface area contributed by atoms with E-state index in [1.165, 1.54) is 0 Å². The number of nitrogens with zero attached hydrogens (tertiary/aromatic N) is 2. The van der Waals surface area contributed by atoms with Gasteiger partial charge < -0.3 is 4.74 Å². The molecule has 3 nitrogen and oxygen atoms in total. The monoisotopic (exact) mass is 196 g/mol. The molecule has 0 radical (unpaired) electrons. The fraction of sp³-hybridized carbons (Fsp3) is 0.909. The minimum Gasteiger partial charge on any atom is -0.383 e. The summed E-state index contributed by atoms with van der Waals surface area (Å²) in [5.41, 5.74) is 0.179. The van der Waals surface area contributed by atoms with Gasteiger partial charge in [-0.25, -0.2) is 0 Å². The van der Waals surface area contributed by atoms with Gasteiger partial charge in [-0.05, 0) is 18.4 Å². The molecule has 0 aromatic carbocycles. The van der Waals surface area contributed by atoms with Gasteiger partial charge in [-0.1, -0.05) is 13.8 Å². The summed E-state index contributed by atoms with van der Waals surface area (Å²) in [4.78, 5) is 2.32. The molecular formula is C11H20N2O. The van der Waals surface area contributed by atoms with Gasteiger partial charge >= 0.3 is 0 Å². The van der Waals surface area contributed by atoms with Crippen LogP contribution < -0.4 is 0 Å². The first-order valence-corrected chi connectivity index (χ1v) is 5.21. The van der Waals surface area contributed by atoms with Crippen LogP contribution in [0.15, 0.2) is 0 Å². The van der Waals surface area contributed by atoms with Crippen LogP contribution >= 0.6 is 0 Å². The Labute approximate surface area is 86.6 Å². The molecule has 1 aliphatic heterocycles. The van der Waals surface area contributed by atoms with E-state index in [0.29, 0.717) is 0 Å². The number of methoxy groups -OCH3 is 1. The Balaban J connectivity index is 2.46. The highest BCUT2D eigenvalue weighted by molar-refractivity contribution is 4.98. The maximum atomic E-state index is 9.06. The van der Waals surface area contributed by atoms with E-state index in [0.717, 1.165) is 32.7 Å². The number of piperidine rings is 1. The van der Waals surface area contributed by atoms with Gasteiger partial charge in [0, 0.05) is 20.2 Å². The van der Waals surface area contributed by atoms with Crippen LogP contribution in [-0.4, -0.2) is 38.3 Å². The molecule has 14 heavy (non-hydrogen) atoms. The Morgan fingerprint density at radius 2 is 2.29 bits per heavy atom. The fourth-order valence-corrected chi connectivity index (χ4v) is 1.86. The van der Waals surface area contributed by atoms with E-state index in [4.69, 9.17) is 10.00 Å². The molecule has 0 bridgehead atoms. The molecule has 1 saturated heterocycles. The average Bonchev–Trinajstić information content (AvgIpc) is 2.16. The van der Waals surface area contributed by atoms with Crippen molar-refractivity contribution in [2.75, 3.05) is 33.4 Å². The first kappa shape index (κ1) is 11.5. The molecule has 0 amide bonds. The molecule has 1 unspecified atom stereocenters. The minimum absolute atomic E-state index is 0.160. The summed E-state index contributed by atoms with van der Waals surface area (Å²) in [6, 6.07) is 2.42. The van der Waals surface area contributed by atoms with Crippen LogP contribution in [0.2, 0.25) is 0 Å². The van der Waals surface area contributed by atoms with Crippen LogP contribution in [0.4, 0.5) is 0 Å². The van der Waals surface area contributed by atoms with Gasteiger partial charge in [-0.3, -0.25) is 4.90 Å². The van der Waals surface area contributed by atoms with Gasteiger partial charge in [-0.2, -0.15) is 5.26 Å². The lowest BCUT2D eigenvalue weighted by molar-refractivity contribution is 0.0674. The molecular weight excluding hydrogens is 176 g/mol. The minimum atomic E-state index is 0.160. The highest BCUT2D eigenvalue weighted by atomic mass is 16.5. The van der Waals surface area contributed by atoms with Crippen molar-refractivity contribution in [2.24, 2.45) is 11.3 Å². The molecule has 0 aromatic heterocycles. The summed E-state index contributed by atoms with van der Waals surface area (Å²) in [5.74, 6) is 0.160. The van der Waals surface area contributed by atoms with E-state index in [9.17, 15) is 0 Å². The second-order valence-corrected chi connectivity index (χ2v) is 4.71. The van der Waals surface area contributed by atoms with Crippen molar-refractivity contribution < 1.29 is 4.74 Å². The molecule has 0 aromatic rings. The summed E-state index contributed by atoms with van der Waals surface area (Å²) >= 11 is 0. The normalized spacial score (nSPS) is 27.1. The SMILES string of the molecule is COCCN1CCC(C)(C)C(C#N)C1. The predicted octanol–water partition coefficient (Wildman–Crippen LogP) is 1.50. The van der Waals surface area contributed by atoms with Crippen molar-refractivity contribution in [2.45, 2.75) is 20.3 Å². The highest BCUT2D eigenvalue weighted by Gasteiger charge is 2.35. The van der Waals surface area contributed by atoms with Crippen molar-refractivity contribution in [3.63, 3.8) is 0 Å². The molecule has 0 N–H and O–H groups in total. The van der Waals surface area contributed by atoms with Crippen molar-refractivity contribution >= 4 is 0 Å². The molecule has 1 aliphatic rings. The quantitative estimate of drug-likeness (QED) is 0.686. The zero-order valence-electron chi connectivity index (χ0n) is 9.42. The van der Waals surface area contributed by atoms with Gasteiger partial charge in [0.05, 0.1) is 18.6 Å². The van der Waals surface area contributed by atoms with Crippen molar-refractivity contribution in [3.05, 3.63) is 0 Å². The van der Waals surface area contributed by atoms with E-state index in [1.54, 1.807) is 7.11 Å². The zero-order chi connectivity index (χ0) is 10.6. The molecule has 1 rings (SSSR count). The van der Waals surface area contributed by atoms with Crippen molar-refractivity contribution in [3.8, 4) is 6.07 Å². The molecule has 0 spiro atoms. The standard InChI is InChI=1S/C11H20N2O/c1-11(2)4-5-13(6-7-14-3)9-10(11)8-12/h10H,4-7,9H2,1-3H3. The second kappa shape index (κ2) is 4.77. The number of hydrogen-bond acceptors (Lipinski definition) is 3. The number of likely N-dealkylation sites (tertiary alicyclic amines) is 1. The number of rotatable bonds is 3. The third-order valence-corrected chi connectivity index (χ3v) is 3.22. The van der Waals surface area contributed by atoms with E-state index >= 15 is 0 Å². The number of ether oxygens (including phenoxy) is 1. The van der Waals surface area contributed by atoms with Crippen LogP contribution in [0.3, 0.4) is 0 Å². The first-order valence-electron chi connectivity index (χ1n) is 5.21. The molecule has 1 atom stereocenters. The molecule has 1 fully saturated rings. The second-order valence-electron chi connectivity index (χ2n) is 4.71. The summed E-state index contributed by atoms with van der Waals surface area (Å²) in [5, 5.41) is 9.06. The van der Waals surface area contributed by atoms with Crippen LogP contribution in [0, 0.1) is 22.7 Å². The number of hydrogen-bond donors (Lipinski definition) is 0. The zero-order valence-corrected chi connectivity index (χ0v) is 9.42. The van der Waals surface area contributed by atoms with Crippen molar-refractivity contribution in [1.82, 2.24) is 4.90 Å². The lowest BCUT2D eigenvalue weighted by Gasteiger charge is -2.40. The summed E-state index contributed by atoms with van der Waals surface area (Å²) < 4.78 is 5.04. The lowest BCUT2D eigenvalue weighted by Crippen LogP contribution is -2.45. The topological polar surface area (TPSA) is 36.3 Å². The lowest BCUT2D eigenvalue weighted by atomic mass is 9.74. The Hall–Kier alpha value is -0.590. The fourth-order valence-electron chi connectivity index (χ4n) is 1.86. The Bertz CT molecular complexity index is 220. The molecule has 3 heteroatoms. The maximum absolute atomic E-state index is 9.06. The summed E-state index contributed by atoms with van der Waals surface area (Å²) in [7, 11) is 1.72. The van der Waals surface area contributed by atoms with Crippen LogP contribution in [0.5, 0.6) is 0 Å². The van der Waals surface area contributed by atoms with E-state index < -0.39 is 0 Å². The van der Waals surface area contributed by atoms with E-state index in [1.807, 2.05) is 0 Å². The Morgan fingerprint density at radius 1 is 1.57 bits per heavy atom. The summed E-state index contributed by atoms with van der Waals surface area (Å²) in [6.07, 6.45) is 1.11. The molecule has 80 valence electrons. The number of nitriles is 1. The van der Waals surface area contributed by atoms with Crippen LogP contribution in [0.25, 0.3) is 0 Å². The van der Waals surface area contributed by atoms with Gasteiger partial charge in [0.15, 0.2) is 0 Å². The van der Waals surface area contributed by atoms with Gasteiger partial charge in [-0.15, -0.1) is 0 Å². The molecule has 0 saturated carbocycles. The van der Waals surface area contributed by atoms with Gasteiger partial charge in [0.2, 0.25) is 0 Å². The smallest absolute Gasteiger partial charge is 0.0674 e. The van der Waals surface area contributed by atoms with E-state index in [2.05, 4.69) is 24.8 Å². The van der Waals surface area contributed by atoms with Crippen LogP contribution in [0.1, 0.15) is 20.3 Å². The third kappa shape index (κ3) is 2.70. The maximum Gasteiger partial charge on any atom is 0.0674 e. The van der Waals surface area contributed by atoms with Crippen LogP contribution in [-0.2, 0) is 4.74 Å². The van der Waals surface area contributed by atoms with Crippen molar-refractivity contribution in [1.29, 1.82) is 5.26 Å². The van der Waals surface area contributed by atoms with Gasteiger partial charge in [0.25, 0.3) is 0 Å². The third-order valence-electron chi connectivity index (χ3n) is 3.22. The highest BCUT2D eigenvalue weighted by Crippen LogP contribution is 2.34.